The number of nitrogen functional groups attached to an aromatic ring is 1. The van der Waals surface area contributed by atoms with E-state index in [0.29, 0.717) is 11.3 Å². The highest BCUT2D eigenvalue weighted by molar-refractivity contribution is 7.91. The average molecular weight is 322 g/mol. The highest BCUT2D eigenvalue weighted by atomic mass is 32.2. The lowest BCUT2D eigenvalue weighted by molar-refractivity contribution is -0.383. The molecule has 0 fully saturated rings. The zero-order valence-electron chi connectivity index (χ0n) is 10.7. The third kappa shape index (κ3) is 3.43. The molecule has 1 aromatic rings. The first-order chi connectivity index (χ1) is 8.97. The van der Waals surface area contributed by atoms with E-state index in [9.17, 15) is 23.3 Å². The molecule has 0 atom stereocenters. The summed E-state index contributed by atoms with van der Waals surface area (Å²) in [5.41, 5.74) is 8.96. The fraction of sp³-hybridized carbons (Fsp3) is 0.444. The molecule has 0 radical (unpaired) electrons. The molecule has 0 saturated carbocycles. The Morgan fingerprint density at radius 1 is 1.55 bits per heavy atom. The van der Waals surface area contributed by atoms with Gasteiger partial charge in [0.1, 0.15) is 4.21 Å². The summed E-state index contributed by atoms with van der Waals surface area (Å²) in [6, 6.07) is 0.875. The number of anilines is 1. The molecule has 0 aliphatic rings. The first kappa shape index (κ1) is 16.3. The molecule has 5 N–H and O–H groups in total. The van der Waals surface area contributed by atoms with Crippen molar-refractivity contribution in [1.29, 1.82) is 0 Å². The predicted molar refractivity (Wildman–Crippen MR) is 73.5 cm³/mol. The van der Waals surface area contributed by atoms with E-state index in [1.807, 2.05) is 0 Å². The van der Waals surface area contributed by atoms with Crippen LogP contribution in [0.3, 0.4) is 0 Å². The highest BCUT2D eigenvalue weighted by Gasteiger charge is 2.30. The van der Waals surface area contributed by atoms with Gasteiger partial charge in [0.15, 0.2) is 5.00 Å². The van der Waals surface area contributed by atoms with Crippen LogP contribution < -0.4 is 16.2 Å². The minimum atomic E-state index is -3.99. The number of thiophene rings is 1. The van der Waals surface area contributed by atoms with Crippen molar-refractivity contribution in [1.82, 2.24) is 4.72 Å². The number of carbonyl (C=O) groups is 1. The van der Waals surface area contributed by atoms with Crippen molar-refractivity contribution in [2.24, 2.45) is 11.1 Å². The van der Waals surface area contributed by atoms with Crippen molar-refractivity contribution in [3.8, 4) is 0 Å². The second-order valence-corrected chi connectivity index (χ2v) is 7.72. The number of primary amides is 1. The van der Waals surface area contributed by atoms with Crippen molar-refractivity contribution >= 4 is 38.0 Å². The van der Waals surface area contributed by atoms with Crippen LogP contribution in [0, 0.1) is 15.5 Å². The summed E-state index contributed by atoms with van der Waals surface area (Å²) in [5.74, 6) is -0.670. The Labute approximate surface area is 119 Å². The van der Waals surface area contributed by atoms with Gasteiger partial charge < -0.3 is 11.5 Å². The lowest BCUT2D eigenvalue weighted by atomic mass is 9.93. The van der Waals surface area contributed by atoms with Crippen molar-refractivity contribution in [3.05, 3.63) is 16.2 Å². The van der Waals surface area contributed by atoms with Crippen molar-refractivity contribution in [3.63, 3.8) is 0 Å². The molecule has 1 rings (SSSR count). The molecule has 20 heavy (non-hydrogen) atoms. The number of nitrogens with zero attached hydrogens (tertiary/aromatic N) is 1. The maximum absolute atomic E-state index is 12.0. The maximum Gasteiger partial charge on any atom is 0.304 e. The molecule has 1 heterocycles. The number of nitro groups is 1. The average Bonchev–Trinajstić information content (AvgIpc) is 2.70. The molecule has 0 aliphatic carbocycles. The van der Waals surface area contributed by atoms with E-state index in [1.165, 1.54) is 13.8 Å². The number of amides is 1. The minimum Gasteiger partial charge on any atom is -0.385 e. The molecule has 1 aromatic heterocycles. The van der Waals surface area contributed by atoms with Crippen LogP contribution in [0.5, 0.6) is 0 Å². The van der Waals surface area contributed by atoms with E-state index in [1.54, 1.807) is 0 Å². The number of hydrogen-bond donors (Lipinski definition) is 3. The van der Waals surface area contributed by atoms with Crippen LogP contribution in [-0.4, -0.2) is 25.8 Å². The van der Waals surface area contributed by atoms with E-state index in [4.69, 9.17) is 11.5 Å². The number of nitrogens with one attached hydrogen (secondary N) is 1. The number of nitrogens with two attached hydrogens (primary N) is 2. The summed E-state index contributed by atoms with van der Waals surface area (Å²) in [7, 11) is -3.99. The number of sulfonamides is 1. The van der Waals surface area contributed by atoms with E-state index < -0.39 is 32.0 Å². The van der Waals surface area contributed by atoms with Crippen LogP contribution in [0.15, 0.2) is 10.3 Å². The molecule has 0 aliphatic heterocycles. The van der Waals surface area contributed by atoms with Crippen LogP contribution in [-0.2, 0) is 14.8 Å². The molecule has 1 amide bonds. The zero-order valence-corrected chi connectivity index (χ0v) is 12.4. The fourth-order valence-electron chi connectivity index (χ4n) is 1.08. The summed E-state index contributed by atoms with van der Waals surface area (Å²) >= 11 is 0.578. The summed E-state index contributed by atoms with van der Waals surface area (Å²) in [6.07, 6.45) is 0. The van der Waals surface area contributed by atoms with Crippen molar-refractivity contribution in [2.75, 3.05) is 12.3 Å². The Bertz CT molecular complexity index is 649. The Hall–Kier alpha value is -1.72. The molecule has 0 saturated heterocycles. The molecule has 0 unspecified atom stereocenters. The van der Waals surface area contributed by atoms with E-state index in [2.05, 4.69) is 4.72 Å². The van der Waals surface area contributed by atoms with Gasteiger partial charge in [0.05, 0.1) is 10.3 Å². The van der Waals surface area contributed by atoms with Gasteiger partial charge in [-0.25, -0.2) is 13.1 Å². The Morgan fingerprint density at radius 2 is 2.10 bits per heavy atom. The van der Waals surface area contributed by atoms with Crippen LogP contribution in [0.2, 0.25) is 0 Å². The summed E-state index contributed by atoms with van der Waals surface area (Å²) in [4.78, 5) is 21.0. The van der Waals surface area contributed by atoms with Gasteiger partial charge in [-0.2, -0.15) is 0 Å². The lowest BCUT2D eigenvalue weighted by Crippen LogP contribution is -2.42. The smallest absolute Gasteiger partial charge is 0.304 e. The number of rotatable bonds is 6. The molecule has 0 spiro atoms. The van der Waals surface area contributed by atoms with Gasteiger partial charge in [-0.3, -0.25) is 14.9 Å². The molecular weight excluding hydrogens is 308 g/mol. The standard InChI is InChI=1S/C9H14N4O5S2/c1-9(2,8(11)14)4-12-20(17,18)6-3-5(13(15)16)7(10)19-6/h3,12H,4,10H2,1-2H3,(H2,11,14). The minimum absolute atomic E-state index is 0.204. The number of hydrogen-bond acceptors (Lipinski definition) is 7. The van der Waals surface area contributed by atoms with Gasteiger partial charge in [-0.15, -0.1) is 0 Å². The van der Waals surface area contributed by atoms with Gasteiger partial charge in [-0.05, 0) is 13.8 Å². The summed E-state index contributed by atoms with van der Waals surface area (Å²) in [5, 5.41) is 10.4. The first-order valence-electron chi connectivity index (χ1n) is 5.30. The van der Waals surface area contributed by atoms with Crippen molar-refractivity contribution < 1.29 is 18.1 Å². The third-order valence-electron chi connectivity index (χ3n) is 2.55. The molecule has 112 valence electrons. The van der Waals surface area contributed by atoms with Gasteiger partial charge in [0.25, 0.3) is 0 Å². The third-order valence-corrected chi connectivity index (χ3v) is 5.38. The molecule has 0 bridgehead atoms. The van der Waals surface area contributed by atoms with Gasteiger partial charge in [-0.1, -0.05) is 11.3 Å². The monoisotopic (exact) mass is 322 g/mol. The Kier molecular flexibility index (Phi) is 4.36. The maximum atomic E-state index is 12.0. The zero-order chi connectivity index (χ0) is 15.7. The molecule has 0 aromatic carbocycles. The molecule has 11 heteroatoms. The summed E-state index contributed by atoms with van der Waals surface area (Å²) < 4.78 is 25.8. The fourth-order valence-corrected chi connectivity index (χ4v) is 3.55. The highest BCUT2D eigenvalue weighted by Crippen LogP contribution is 2.34. The Morgan fingerprint density at radius 3 is 2.50 bits per heavy atom. The first-order valence-corrected chi connectivity index (χ1v) is 7.60. The van der Waals surface area contributed by atoms with E-state index >= 15 is 0 Å². The topological polar surface area (TPSA) is 158 Å². The van der Waals surface area contributed by atoms with E-state index in [0.717, 1.165) is 6.07 Å². The quantitative estimate of drug-likeness (QED) is 0.495. The largest absolute Gasteiger partial charge is 0.385 e. The van der Waals surface area contributed by atoms with Gasteiger partial charge >= 0.3 is 5.69 Å². The summed E-state index contributed by atoms with van der Waals surface area (Å²) in [6.45, 7) is 2.72. The van der Waals surface area contributed by atoms with Crippen LogP contribution in [0.4, 0.5) is 10.7 Å². The molecule has 9 nitrogen and oxygen atoms in total. The second kappa shape index (κ2) is 5.34. The predicted octanol–water partition coefficient (Wildman–Crippen LogP) is 0.0283. The van der Waals surface area contributed by atoms with Gasteiger partial charge in [0.2, 0.25) is 15.9 Å². The van der Waals surface area contributed by atoms with Crippen molar-refractivity contribution in [2.45, 2.75) is 18.1 Å². The normalized spacial score (nSPS) is 12.3. The second-order valence-electron chi connectivity index (χ2n) is 4.64. The molecular formula is C9H14N4O5S2. The SMILES string of the molecule is CC(C)(CNS(=O)(=O)c1cc([N+](=O)[O-])c(N)s1)C(N)=O. The Balaban J connectivity index is 2.98. The van der Waals surface area contributed by atoms with Crippen LogP contribution in [0.25, 0.3) is 0 Å². The lowest BCUT2D eigenvalue weighted by Gasteiger charge is -2.20. The van der Waals surface area contributed by atoms with Crippen LogP contribution in [0.1, 0.15) is 13.8 Å². The van der Waals surface area contributed by atoms with Gasteiger partial charge in [0, 0.05) is 12.6 Å². The number of carbonyl (C=O) groups excluding carboxylic acids is 1. The van der Waals surface area contributed by atoms with E-state index in [-0.39, 0.29) is 15.8 Å². The van der Waals surface area contributed by atoms with Crippen LogP contribution >= 0.6 is 11.3 Å².